The fourth-order valence-electron chi connectivity index (χ4n) is 2.47. The molecule has 5 heteroatoms. The molecule has 4 rings (SSSR count). The highest BCUT2D eigenvalue weighted by Gasteiger charge is 2.18. The minimum atomic E-state index is -0.0744. The highest BCUT2D eigenvalue weighted by atomic mass is 16.7. The number of fused-ring (bicyclic) bond motifs is 2. The maximum Gasteiger partial charge on any atom is 0.231 e. The van der Waals surface area contributed by atoms with Crippen molar-refractivity contribution in [3.63, 3.8) is 0 Å². The van der Waals surface area contributed by atoms with E-state index in [0.717, 1.165) is 28.3 Å². The largest absolute Gasteiger partial charge is 0.454 e. The van der Waals surface area contributed by atoms with Crippen molar-refractivity contribution < 1.29 is 14.6 Å². The molecule has 0 saturated heterocycles. The van der Waals surface area contributed by atoms with Gasteiger partial charge in [-0.15, -0.1) is 0 Å². The summed E-state index contributed by atoms with van der Waals surface area (Å²) in [7, 11) is 0. The van der Waals surface area contributed by atoms with Crippen LogP contribution in [0.25, 0.3) is 16.9 Å². The van der Waals surface area contributed by atoms with Crippen LogP contribution in [-0.2, 0) is 6.61 Å². The molecule has 0 spiro atoms. The van der Waals surface area contributed by atoms with Gasteiger partial charge in [-0.05, 0) is 30.3 Å². The van der Waals surface area contributed by atoms with E-state index in [1.165, 1.54) is 0 Å². The second-order valence-corrected chi connectivity index (χ2v) is 4.56. The Morgan fingerprint density at radius 2 is 2.05 bits per heavy atom. The first-order chi connectivity index (χ1) is 9.86. The van der Waals surface area contributed by atoms with Crippen molar-refractivity contribution in [2.45, 2.75) is 6.61 Å². The van der Waals surface area contributed by atoms with Crippen LogP contribution in [-0.4, -0.2) is 21.3 Å². The predicted octanol–water partition coefficient (Wildman–Crippen LogP) is 2.22. The molecule has 100 valence electrons. The summed E-state index contributed by atoms with van der Waals surface area (Å²) in [6.45, 7) is 0.172. The molecule has 5 nitrogen and oxygen atoms in total. The summed E-state index contributed by atoms with van der Waals surface area (Å²) in [5.74, 6) is 1.45. The molecule has 0 fully saturated rings. The summed E-state index contributed by atoms with van der Waals surface area (Å²) in [6, 6.07) is 11.4. The zero-order valence-electron chi connectivity index (χ0n) is 10.6. The number of aliphatic hydroxyl groups is 1. The van der Waals surface area contributed by atoms with Crippen molar-refractivity contribution in [2.24, 2.45) is 0 Å². The van der Waals surface area contributed by atoms with E-state index in [-0.39, 0.29) is 13.4 Å². The van der Waals surface area contributed by atoms with Gasteiger partial charge in [0.05, 0.1) is 18.0 Å². The molecule has 3 aromatic rings. The van der Waals surface area contributed by atoms with E-state index in [1.54, 1.807) is 0 Å². The summed E-state index contributed by atoms with van der Waals surface area (Å²) in [4.78, 5) is 4.59. The zero-order valence-corrected chi connectivity index (χ0v) is 10.6. The van der Waals surface area contributed by atoms with Gasteiger partial charge in [0.2, 0.25) is 6.79 Å². The highest BCUT2D eigenvalue weighted by molar-refractivity contribution is 5.69. The molecular weight excluding hydrogens is 256 g/mol. The number of hydrogen-bond acceptors (Lipinski definition) is 4. The predicted molar refractivity (Wildman–Crippen MR) is 72.7 cm³/mol. The summed E-state index contributed by atoms with van der Waals surface area (Å²) in [5.41, 5.74) is 3.24. The van der Waals surface area contributed by atoms with Gasteiger partial charge in [0.1, 0.15) is 5.65 Å². The summed E-state index contributed by atoms with van der Waals surface area (Å²) in [6.07, 6.45) is 1.89. The SMILES string of the molecule is OCc1c(-c2ccc3c(c2)OCO3)nc2ccccn12. The number of benzene rings is 1. The molecule has 0 radical (unpaired) electrons. The Hall–Kier alpha value is -2.53. The van der Waals surface area contributed by atoms with Crippen LogP contribution in [0.5, 0.6) is 11.5 Å². The third-order valence-electron chi connectivity index (χ3n) is 3.42. The third-order valence-corrected chi connectivity index (χ3v) is 3.42. The first-order valence-electron chi connectivity index (χ1n) is 6.33. The molecule has 0 saturated carbocycles. The molecule has 0 unspecified atom stereocenters. The summed E-state index contributed by atoms with van der Waals surface area (Å²) >= 11 is 0. The molecule has 3 heterocycles. The topological polar surface area (TPSA) is 56.0 Å². The van der Waals surface area contributed by atoms with E-state index in [9.17, 15) is 5.11 Å². The van der Waals surface area contributed by atoms with Crippen molar-refractivity contribution in [3.05, 3.63) is 48.3 Å². The van der Waals surface area contributed by atoms with Gasteiger partial charge in [-0.2, -0.15) is 0 Å². The van der Waals surface area contributed by atoms with Gasteiger partial charge in [0.25, 0.3) is 0 Å². The molecule has 2 aromatic heterocycles. The molecule has 1 aromatic carbocycles. The van der Waals surface area contributed by atoms with E-state index in [2.05, 4.69) is 4.98 Å². The fourth-order valence-corrected chi connectivity index (χ4v) is 2.47. The van der Waals surface area contributed by atoms with E-state index in [0.29, 0.717) is 5.75 Å². The van der Waals surface area contributed by atoms with E-state index < -0.39 is 0 Å². The van der Waals surface area contributed by atoms with Crippen molar-refractivity contribution in [2.75, 3.05) is 6.79 Å². The van der Waals surface area contributed by atoms with Crippen LogP contribution in [0.3, 0.4) is 0 Å². The van der Waals surface area contributed by atoms with Crippen LogP contribution in [0.1, 0.15) is 5.69 Å². The average molecular weight is 268 g/mol. The molecule has 1 aliphatic heterocycles. The van der Waals surface area contributed by atoms with Gasteiger partial charge < -0.3 is 19.0 Å². The first kappa shape index (κ1) is 11.3. The van der Waals surface area contributed by atoms with Gasteiger partial charge in [0, 0.05) is 11.8 Å². The smallest absolute Gasteiger partial charge is 0.231 e. The molecule has 0 bridgehead atoms. The molecule has 20 heavy (non-hydrogen) atoms. The molecule has 1 aliphatic rings. The number of imidazole rings is 1. The Bertz CT molecular complexity index is 795. The first-order valence-corrected chi connectivity index (χ1v) is 6.33. The quantitative estimate of drug-likeness (QED) is 0.774. The van der Waals surface area contributed by atoms with E-state index in [4.69, 9.17) is 9.47 Å². The van der Waals surface area contributed by atoms with Crippen molar-refractivity contribution in [3.8, 4) is 22.8 Å². The minimum absolute atomic E-state index is 0.0744. The molecule has 0 atom stereocenters. The van der Waals surface area contributed by atoms with Gasteiger partial charge in [-0.3, -0.25) is 0 Å². The Labute approximate surface area is 115 Å². The number of aliphatic hydroxyl groups excluding tert-OH is 1. The Morgan fingerprint density at radius 1 is 1.15 bits per heavy atom. The second-order valence-electron chi connectivity index (χ2n) is 4.56. The van der Waals surface area contributed by atoms with E-state index in [1.807, 2.05) is 47.0 Å². The lowest BCUT2D eigenvalue weighted by Gasteiger charge is -2.03. The lowest BCUT2D eigenvalue weighted by atomic mass is 10.1. The summed E-state index contributed by atoms with van der Waals surface area (Å²) in [5, 5.41) is 9.64. The number of hydrogen-bond donors (Lipinski definition) is 1. The van der Waals surface area contributed by atoms with Crippen molar-refractivity contribution in [1.82, 2.24) is 9.38 Å². The van der Waals surface area contributed by atoms with Gasteiger partial charge >= 0.3 is 0 Å². The highest BCUT2D eigenvalue weighted by Crippen LogP contribution is 2.36. The van der Waals surface area contributed by atoms with Gasteiger partial charge in [0.15, 0.2) is 11.5 Å². The fraction of sp³-hybridized carbons (Fsp3) is 0.133. The van der Waals surface area contributed by atoms with Gasteiger partial charge in [-0.25, -0.2) is 4.98 Å². The number of pyridine rings is 1. The van der Waals surface area contributed by atoms with Crippen LogP contribution in [0.2, 0.25) is 0 Å². The van der Waals surface area contributed by atoms with Crippen molar-refractivity contribution in [1.29, 1.82) is 0 Å². The zero-order chi connectivity index (χ0) is 13.5. The van der Waals surface area contributed by atoms with Crippen molar-refractivity contribution >= 4 is 5.65 Å². The number of rotatable bonds is 2. The molecule has 1 N–H and O–H groups in total. The molecule has 0 amide bonds. The standard InChI is InChI=1S/C15H12N2O3/c18-8-11-15(16-14-3-1-2-6-17(11)14)10-4-5-12-13(7-10)20-9-19-12/h1-7,18H,8-9H2. The maximum atomic E-state index is 9.64. The van der Waals surface area contributed by atoms with Crippen LogP contribution in [0, 0.1) is 0 Å². The lowest BCUT2D eigenvalue weighted by molar-refractivity contribution is 0.174. The van der Waals surface area contributed by atoms with E-state index >= 15 is 0 Å². The minimum Gasteiger partial charge on any atom is -0.454 e. The maximum absolute atomic E-state index is 9.64. The normalized spacial score (nSPS) is 13.1. The van der Waals surface area contributed by atoms with Crippen LogP contribution < -0.4 is 9.47 Å². The Morgan fingerprint density at radius 3 is 2.95 bits per heavy atom. The monoisotopic (exact) mass is 268 g/mol. The second kappa shape index (κ2) is 4.25. The molecule has 0 aliphatic carbocycles. The lowest BCUT2D eigenvalue weighted by Crippen LogP contribution is -1.93. The van der Waals surface area contributed by atoms with Crippen LogP contribution >= 0.6 is 0 Å². The number of aromatic nitrogens is 2. The Kier molecular flexibility index (Phi) is 2.40. The Balaban J connectivity index is 1.93. The summed E-state index contributed by atoms with van der Waals surface area (Å²) < 4.78 is 12.6. The van der Waals surface area contributed by atoms with Crippen LogP contribution in [0.4, 0.5) is 0 Å². The third kappa shape index (κ3) is 1.57. The number of ether oxygens (including phenoxy) is 2. The number of nitrogens with zero attached hydrogens (tertiary/aromatic N) is 2. The average Bonchev–Trinajstić information content (AvgIpc) is 3.10. The van der Waals surface area contributed by atoms with Gasteiger partial charge in [-0.1, -0.05) is 6.07 Å². The van der Waals surface area contributed by atoms with Crippen LogP contribution in [0.15, 0.2) is 42.6 Å². The molecular formula is C15H12N2O3.